The van der Waals surface area contributed by atoms with Crippen molar-refractivity contribution < 1.29 is 22.7 Å². The van der Waals surface area contributed by atoms with Crippen molar-refractivity contribution in [3.8, 4) is 17.4 Å². The number of benzene rings is 2. The summed E-state index contributed by atoms with van der Waals surface area (Å²) in [5.74, 6) is -0.314. The lowest BCUT2D eigenvalue weighted by Gasteiger charge is -2.22. The number of hydrogen-bond donors (Lipinski definition) is 2. The summed E-state index contributed by atoms with van der Waals surface area (Å²) in [6, 6.07) is 11.2. The highest BCUT2D eigenvalue weighted by atomic mass is 32.2. The Hall–Kier alpha value is -3.59. The van der Waals surface area contributed by atoms with Crippen LogP contribution in [0, 0.1) is 20.8 Å². The summed E-state index contributed by atoms with van der Waals surface area (Å²) >= 11 is 0. The molecule has 0 fully saturated rings. The predicted octanol–water partition coefficient (Wildman–Crippen LogP) is 4.81. The number of carbonyl (C=O) groups is 1. The number of carbonyl (C=O) groups excluding carboxylic acids is 1. The van der Waals surface area contributed by atoms with Crippen molar-refractivity contribution >= 4 is 21.6 Å². The Morgan fingerprint density at radius 2 is 1.66 bits per heavy atom. The molecular formula is C26H31N3O5S. The molecule has 0 saturated carbocycles. The standard InChI is InChI=1S/C26H31N3O5S/c1-15-11-16(2)23(17(3)12-15)34-25-22(20(33-7)14-21(28-25)26(4,5)6)24(30)29-35(31,32)19-10-8-9-18(27)13-19/h8-14H,27H2,1-7H3,(H,29,30). The Labute approximate surface area is 206 Å². The number of ether oxygens (including phenoxy) is 2. The maximum atomic E-state index is 13.4. The van der Waals surface area contributed by atoms with E-state index in [1.807, 2.05) is 53.7 Å². The largest absolute Gasteiger partial charge is 0.496 e. The van der Waals surface area contributed by atoms with Crippen LogP contribution in [-0.2, 0) is 15.4 Å². The number of aryl methyl sites for hydroxylation is 3. The van der Waals surface area contributed by atoms with Gasteiger partial charge >= 0.3 is 0 Å². The minimum Gasteiger partial charge on any atom is -0.496 e. The van der Waals surface area contributed by atoms with E-state index < -0.39 is 21.3 Å². The monoisotopic (exact) mass is 497 g/mol. The molecule has 0 saturated heterocycles. The maximum absolute atomic E-state index is 13.4. The topological polar surface area (TPSA) is 121 Å². The first-order valence-corrected chi connectivity index (χ1v) is 12.5. The molecule has 0 radical (unpaired) electrons. The van der Waals surface area contributed by atoms with Crippen molar-refractivity contribution in [1.82, 2.24) is 9.71 Å². The number of aromatic nitrogens is 1. The minimum atomic E-state index is -4.22. The molecule has 0 aliphatic carbocycles. The highest BCUT2D eigenvalue weighted by Crippen LogP contribution is 2.37. The van der Waals surface area contributed by atoms with Gasteiger partial charge in [-0.2, -0.15) is 0 Å². The lowest BCUT2D eigenvalue weighted by molar-refractivity contribution is 0.0975. The molecule has 0 spiro atoms. The molecule has 8 nitrogen and oxygen atoms in total. The molecule has 3 rings (SSSR count). The van der Waals surface area contributed by atoms with Crippen LogP contribution in [-0.4, -0.2) is 26.4 Å². The number of anilines is 1. The van der Waals surface area contributed by atoms with Crippen LogP contribution in [0.4, 0.5) is 5.69 Å². The van der Waals surface area contributed by atoms with Crippen LogP contribution in [0.3, 0.4) is 0 Å². The molecule has 0 atom stereocenters. The highest BCUT2D eigenvalue weighted by Gasteiger charge is 2.30. The molecule has 1 amide bonds. The number of nitrogen functional groups attached to an aromatic ring is 1. The van der Waals surface area contributed by atoms with Gasteiger partial charge in [0.1, 0.15) is 17.1 Å². The zero-order chi connectivity index (χ0) is 26.1. The van der Waals surface area contributed by atoms with E-state index in [0.717, 1.165) is 16.7 Å². The first-order valence-electron chi connectivity index (χ1n) is 11.0. The quantitative estimate of drug-likeness (QED) is 0.469. The summed E-state index contributed by atoms with van der Waals surface area (Å²) in [5.41, 5.74) is 8.82. The fourth-order valence-corrected chi connectivity index (χ4v) is 4.68. The van der Waals surface area contributed by atoms with E-state index in [1.165, 1.54) is 25.3 Å². The summed E-state index contributed by atoms with van der Waals surface area (Å²) in [6.07, 6.45) is 0. The van der Waals surface area contributed by atoms with Crippen LogP contribution < -0.4 is 19.9 Å². The van der Waals surface area contributed by atoms with Gasteiger partial charge in [-0.3, -0.25) is 4.79 Å². The summed E-state index contributed by atoms with van der Waals surface area (Å²) in [7, 11) is -2.82. The van der Waals surface area contributed by atoms with Crippen LogP contribution in [0.2, 0.25) is 0 Å². The Balaban J connectivity index is 2.16. The van der Waals surface area contributed by atoms with E-state index in [0.29, 0.717) is 11.4 Å². The molecule has 1 heterocycles. The molecule has 0 aliphatic heterocycles. The zero-order valence-electron chi connectivity index (χ0n) is 21.0. The van der Waals surface area contributed by atoms with Crippen molar-refractivity contribution in [2.75, 3.05) is 12.8 Å². The number of rotatable bonds is 6. The fraction of sp³-hybridized carbons (Fsp3) is 0.308. The number of pyridine rings is 1. The molecule has 1 aromatic heterocycles. The van der Waals surface area contributed by atoms with Gasteiger partial charge in [0, 0.05) is 17.2 Å². The summed E-state index contributed by atoms with van der Waals surface area (Å²) in [5, 5.41) is 0. The average Bonchev–Trinajstić information content (AvgIpc) is 2.74. The summed E-state index contributed by atoms with van der Waals surface area (Å²) in [4.78, 5) is 17.8. The van der Waals surface area contributed by atoms with Gasteiger partial charge in [0.2, 0.25) is 5.88 Å². The fourth-order valence-electron chi connectivity index (χ4n) is 3.67. The smallest absolute Gasteiger partial charge is 0.274 e. The molecule has 2 aromatic carbocycles. The van der Waals surface area contributed by atoms with Gasteiger partial charge in [0.15, 0.2) is 0 Å². The first-order chi connectivity index (χ1) is 16.2. The van der Waals surface area contributed by atoms with Crippen LogP contribution in [0.25, 0.3) is 0 Å². The number of methoxy groups -OCH3 is 1. The van der Waals surface area contributed by atoms with Gasteiger partial charge in [0.25, 0.3) is 15.9 Å². The molecule has 186 valence electrons. The molecule has 0 unspecified atom stereocenters. The van der Waals surface area contributed by atoms with E-state index in [9.17, 15) is 13.2 Å². The van der Waals surface area contributed by atoms with Crippen LogP contribution in [0.1, 0.15) is 53.5 Å². The highest BCUT2D eigenvalue weighted by molar-refractivity contribution is 7.90. The second-order valence-electron chi connectivity index (χ2n) is 9.48. The Morgan fingerprint density at radius 1 is 1.03 bits per heavy atom. The number of nitrogens with two attached hydrogens (primary N) is 1. The Kier molecular flexibility index (Phi) is 7.12. The zero-order valence-corrected chi connectivity index (χ0v) is 21.8. The van der Waals surface area contributed by atoms with E-state index >= 15 is 0 Å². The van der Waals surface area contributed by atoms with Gasteiger partial charge in [-0.05, 0) is 50.1 Å². The number of hydrogen-bond acceptors (Lipinski definition) is 7. The second kappa shape index (κ2) is 9.58. The summed E-state index contributed by atoms with van der Waals surface area (Å²) < 4.78 is 39.6. The van der Waals surface area contributed by atoms with Gasteiger partial charge in [-0.1, -0.05) is 44.5 Å². The van der Waals surface area contributed by atoms with Crippen LogP contribution >= 0.6 is 0 Å². The van der Waals surface area contributed by atoms with E-state index in [4.69, 9.17) is 15.2 Å². The normalized spacial score (nSPS) is 11.7. The molecule has 0 aliphatic rings. The van der Waals surface area contributed by atoms with Crippen molar-refractivity contribution in [3.63, 3.8) is 0 Å². The third kappa shape index (κ3) is 5.74. The summed E-state index contributed by atoms with van der Waals surface area (Å²) in [6.45, 7) is 11.7. The maximum Gasteiger partial charge on any atom is 0.274 e. The van der Waals surface area contributed by atoms with Crippen molar-refractivity contribution in [2.45, 2.75) is 51.9 Å². The molecule has 3 N–H and O–H groups in total. The van der Waals surface area contributed by atoms with Crippen LogP contribution in [0.5, 0.6) is 17.4 Å². The van der Waals surface area contributed by atoms with Crippen molar-refractivity contribution in [3.05, 3.63) is 70.4 Å². The van der Waals surface area contributed by atoms with Gasteiger partial charge in [-0.25, -0.2) is 18.1 Å². The lowest BCUT2D eigenvalue weighted by Crippen LogP contribution is -2.31. The van der Waals surface area contributed by atoms with E-state index in [-0.39, 0.29) is 27.8 Å². The SMILES string of the molecule is COc1cc(C(C)(C)C)nc(Oc2c(C)cc(C)cc2C)c1C(=O)NS(=O)(=O)c1cccc(N)c1. The van der Waals surface area contributed by atoms with Crippen molar-refractivity contribution in [2.24, 2.45) is 0 Å². The van der Waals surface area contributed by atoms with E-state index in [2.05, 4.69) is 9.71 Å². The number of sulfonamides is 1. The lowest BCUT2D eigenvalue weighted by atomic mass is 9.91. The Bertz CT molecular complexity index is 1370. The molecule has 3 aromatic rings. The third-order valence-electron chi connectivity index (χ3n) is 5.36. The van der Waals surface area contributed by atoms with Gasteiger partial charge < -0.3 is 15.2 Å². The second-order valence-corrected chi connectivity index (χ2v) is 11.2. The molecule has 9 heteroatoms. The number of nitrogens with zero attached hydrogens (tertiary/aromatic N) is 1. The number of amides is 1. The molecule has 35 heavy (non-hydrogen) atoms. The van der Waals surface area contributed by atoms with Gasteiger partial charge in [0.05, 0.1) is 17.7 Å². The molecule has 0 bridgehead atoms. The predicted molar refractivity (Wildman–Crippen MR) is 136 cm³/mol. The van der Waals surface area contributed by atoms with Gasteiger partial charge in [-0.15, -0.1) is 0 Å². The van der Waals surface area contributed by atoms with E-state index in [1.54, 1.807) is 12.1 Å². The van der Waals surface area contributed by atoms with Crippen LogP contribution in [0.15, 0.2) is 47.4 Å². The third-order valence-corrected chi connectivity index (χ3v) is 6.69. The average molecular weight is 498 g/mol. The molecular weight excluding hydrogens is 466 g/mol. The number of nitrogens with one attached hydrogen (secondary N) is 1. The van der Waals surface area contributed by atoms with Crippen molar-refractivity contribution in [1.29, 1.82) is 0 Å². The first kappa shape index (κ1) is 26.0. The Morgan fingerprint density at radius 3 is 2.20 bits per heavy atom. The minimum absolute atomic E-state index is 0.0513.